The minimum absolute atomic E-state index is 0. The molecule has 0 saturated heterocycles. The fourth-order valence-electron chi connectivity index (χ4n) is 4.40. The van der Waals surface area contributed by atoms with Crippen LogP contribution in [0.2, 0.25) is 0 Å². The molecule has 2 fully saturated rings. The van der Waals surface area contributed by atoms with Crippen molar-refractivity contribution in [2.75, 3.05) is 11.9 Å². The summed E-state index contributed by atoms with van der Waals surface area (Å²) in [6.07, 6.45) is 5.31. The van der Waals surface area contributed by atoms with Gasteiger partial charge in [0.25, 0.3) is 5.91 Å². The highest BCUT2D eigenvalue weighted by Gasteiger charge is 2.40. The fraction of sp³-hybridized carbons (Fsp3) is 0.600. The van der Waals surface area contributed by atoms with Gasteiger partial charge in [0.05, 0.1) is 0 Å². The molecule has 2 aliphatic carbocycles. The van der Waals surface area contributed by atoms with Gasteiger partial charge in [-0.2, -0.15) is 0 Å². The smallest absolute Gasteiger partial charge is 0.251 e. The van der Waals surface area contributed by atoms with Gasteiger partial charge < -0.3 is 16.4 Å². The van der Waals surface area contributed by atoms with Crippen molar-refractivity contribution in [1.82, 2.24) is 5.32 Å². The molecule has 2 atom stereocenters. The predicted molar refractivity (Wildman–Crippen MR) is 107 cm³/mol. The molecule has 26 heavy (non-hydrogen) atoms. The maximum Gasteiger partial charge on any atom is 0.251 e. The van der Waals surface area contributed by atoms with E-state index in [9.17, 15) is 9.59 Å². The van der Waals surface area contributed by atoms with Crippen molar-refractivity contribution >= 4 is 29.9 Å². The zero-order chi connectivity index (χ0) is 18.0. The van der Waals surface area contributed by atoms with E-state index in [2.05, 4.69) is 10.6 Å². The monoisotopic (exact) mass is 379 g/mol. The lowest BCUT2D eigenvalue weighted by Gasteiger charge is -2.43. The van der Waals surface area contributed by atoms with Crippen LogP contribution >= 0.6 is 12.4 Å². The Labute approximate surface area is 161 Å². The Morgan fingerprint density at radius 2 is 1.85 bits per heavy atom. The number of nitrogens with one attached hydrogen (secondary N) is 2. The SMILES string of the molecule is CCNC(=O)c1ccc(C)c(NC(=O)C2CC3CCCC(C2)C3N)c1.Cl. The molecular formula is C20H30ClN3O2. The van der Waals surface area contributed by atoms with E-state index in [4.69, 9.17) is 5.73 Å². The van der Waals surface area contributed by atoms with Gasteiger partial charge in [0.1, 0.15) is 0 Å². The van der Waals surface area contributed by atoms with Gasteiger partial charge in [-0.15, -0.1) is 12.4 Å². The fourth-order valence-corrected chi connectivity index (χ4v) is 4.40. The molecule has 1 aromatic carbocycles. The molecule has 2 unspecified atom stereocenters. The molecule has 2 aliphatic rings. The molecule has 2 saturated carbocycles. The summed E-state index contributed by atoms with van der Waals surface area (Å²) >= 11 is 0. The van der Waals surface area contributed by atoms with Crippen LogP contribution in [0.25, 0.3) is 0 Å². The van der Waals surface area contributed by atoms with Crippen molar-refractivity contribution in [2.24, 2.45) is 23.5 Å². The normalized spacial score (nSPS) is 27.2. The molecule has 3 rings (SSSR count). The molecule has 2 bridgehead atoms. The second-order valence-corrected chi connectivity index (χ2v) is 7.58. The molecular weight excluding hydrogens is 350 g/mol. The number of hydrogen-bond donors (Lipinski definition) is 3. The summed E-state index contributed by atoms with van der Waals surface area (Å²) in [4.78, 5) is 24.8. The number of fused-ring (bicyclic) bond motifs is 2. The van der Waals surface area contributed by atoms with E-state index in [1.165, 1.54) is 6.42 Å². The Hall–Kier alpha value is -1.59. The van der Waals surface area contributed by atoms with Gasteiger partial charge in [-0.25, -0.2) is 0 Å². The van der Waals surface area contributed by atoms with Crippen LogP contribution in [0, 0.1) is 24.7 Å². The summed E-state index contributed by atoms with van der Waals surface area (Å²) in [6, 6.07) is 5.71. The van der Waals surface area contributed by atoms with Gasteiger partial charge >= 0.3 is 0 Å². The van der Waals surface area contributed by atoms with Gasteiger partial charge in [-0.1, -0.05) is 12.5 Å². The molecule has 0 aromatic heterocycles. The van der Waals surface area contributed by atoms with E-state index < -0.39 is 0 Å². The maximum atomic E-state index is 12.8. The number of halogens is 1. The van der Waals surface area contributed by atoms with Gasteiger partial charge in [-0.3, -0.25) is 9.59 Å². The van der Waals surface area contributed by atoms with E-state index in [0.717, 1.165) is 36.9 Å². The van der Waals surface area contributed by atoms with Crippen molar-refractivity contribution < 1.29 is 9.59 Å². The molecule has 0 spiro atoms. The lowest BCUT2D eigenvalue weighted by atomic mass is 9.65. The van der Waals surface area contributed by atoms with E-state index in [0.29, 0.717) is 23.9 Å². The van der Waals surface area contributed by atoms with Crippen molar-refractivity contribution in [3.8, 4) is 0 Å². The zero-order valence-corrected chi connectivity index (χ0v) is 16.4. The van der Waals surface area contributed by atoms with Crippen LogP contribution in [-0.2, 0) is 4.79 Å². The number of nitrogens with two attached hydrogens (primary N) is 1. The average molecular weight is 380 g/mol. The van der Waals surface area contributed by atoms with E-state index in [1.54, 1.807) is 12.1 Å². The van der Waals surface area contributed by atoms with Crippen molar-refractivity contribution in [3.63, 3.8) is 0 Å². The lowest BCUT2D eigenvalue weighted by Crippen LogP contribution is -2.48. The standard InChI is InChI=1S/C20H29N3O2.ClH/c1-3-22-19(24)15-8-7-12(2)17(11-15)23-20(25)16-9-13-5-4-6-14(10-16)18(13)21;/h7-8,11,13-14,16,18H,3-6,9-10,21H2,1-2H3,(H,22,24)(H,23,25);1H. The Morgan fingerprint density at radius 3 is 2.46 bits per heavy atom. The minimum atomic E-state index is -0.115. The van der Waals surface area contributed by atoms with Crippen molar-refractivity contribution in [1.29, 1.82) is 0 Å². The van der Waals surface area contributed by atoms with E-state index in [-0.39, 0.29) is 36.2 Å². The molecule has 0 radical (unpaired) electrons. The highest BCUT2D eigenvalue weighted by atomic mass is 35.5. The first-order valence-electron chi connectivity index (χ1n) is 9.45. The van der Waals surface area contributed by atoms with Crippen LogP contribution in [0.5, 0.6) is 0 Å². The summed E-state index contributed by atoms with van der Waals surface area (Å²) in [5.41, 5.74) is 8.60. The highest BCUT2D eigenvalue weighted by Crippen LogP contribution is 2.42. The molecule has 144 valence electrons. The van der Waals surface area contributed by atoms with E-state index in [1.807, 2.05) is 19.9 Å². The van der Waals surface area contributed by atoms with E-state index >= 15 is 0 Å². The van der Waals surface area contributed by atoms with Crippen molar-refractivity contribution in [3.05, 3.63) is 29.3 Å². The first-order chi connectivity index (χ1) is 12.0. The van der Waals surface area contributed by atoms with Gasteiger partial charge in [-0.05, 0) is 69.1 Å². The van der Waals surface area contributed by atoms with Gasteiger partial charge in [0, 0.05) is 29.8 Å². The Kier molecular flexibility index (Phi) is 7.07. The lowest BCUT2D eigenvalue weighted by molar-refractivity contribution is -0.122. The maximum absolute atomic E-state index is 12.8. The molecule has 0 heterocycles. The average Bonchev–Trinajstić information content (AvgIpc) is 2.56. The third kappa shape index (κ3) is 4.38. The Morgan fingerprint density at radius 1 is 1.19 bits per heavy atom. The van der Waals surface area contributed by atoms with Crippen LogP contribution in [0.4, 0.5) is 5.69 Å². The number of carbonyl (C=O) groups is 2. The second kappa shape index (κ2) is 8.87. The largest absolute Gasteiger partial charge is 0.352 e. The first kappa shape index (κ1) is 20.7. The summed E-state index contributed by atoms with van der Waals surface area (Å²) in [5, 5.41) is 5.85. The summed E-state index contributed by atoms with van der Waals surface area (Å²) in [7, 11) is 0. The van der Waals surface area contributed by atoms with Gasteiger partial charge in [0.15, 0.2) is 0 Å². The molecule has 0 aliphatic heterocycles. The zero-order valence-electron chi connectivity index (χ0n) is 15.6. The number of rotatable bonds is 4. The predicted octanol–water partition coefficient (Wildman–Crippen LogP) is 3.26. The second-order valence-electron chi connectivity index (χ2n) is 7.58. The molecule has 5 nitrogen and oxygen atoms in total. The van der Waals surface area contributed by atoms with Gasteiger partial charge in [0.2, 0.25) is 5.91 Å². The van der Waals surface area contributed by atoms with Crippen molar-refractivity contribution in [2.45, 2.75) is 52.0 Å². The molecule has 1 aromatic rings. The molecule has 4 N–H and O–H groups in total. The van der Waals surface area contributed by atoms with Crippen LogP contribution in [0.1, 0.15) is 54.9 Å². The van der Waals surface area contributed by atoms with Crippen LogP contribution in [0.15, 0.2) is 18.2 Å². The number of amides is 2. The number of carbonyl (C=O) groups excluding carboxylic acids is 2. The number of aryl methyl sites for hydroxylation is 1. The third-order valence-corrected chi connectivity index (χ3v) is 5.88. The molecule has 2 amide bonds. The number of anilines is 1. The summed E-state index contributed by atoms with van der Waals surface area (Å²) in [6.45, 7) is 4.42. The van der Waals surface area contributed by atoms with Crippen LogP contribution < -0.4 is 16.4 Å². The number of hydrogen-bond acceptors (Lipinski definition) is 3. The third-order valence-electron chi connectivity index (χ3n) is 5.88. The minimum Gasteiger partial charge on any atom is -0.352 e. The molecule has 6 heteroatoms. The topological polar surface area (TPSA) is 84.2 Å². The van der Waals surface area contributed by atoms with Crippen LogP contribution in [0.3, 0.4) is 0 Å². The number of benzene rings is 1. The summed E-state index contributed by atoms with van der Waals surface area (Å²) < 4.78 is 0. The Balaban J connectivity index is 0.00000243. The first-order valence-corrected chi connectivity index (χ1v) is 9.45. The highest BCUT2D eigenvalue weighted by molar-refractivity contribution is 5.98. The quantitative estimate of drug-likeness (QED) is 0.750. The van der Waals surface area contributed by atoms with Crippen LogP contribution in [-0.4, -0.2) is 24.4 Å². The summed E-state index contributed by atoms with van der Waals surface area (Å²) in [5.74, 6) is 0.941. The Bertz CT molecular complexity index is 650.